The summed E-state index contributed by atoms with van der Waals surface area (Å²) in [4.78, 5) is 40.1. The van der Waals surface area contributed by atoms with E-state index >= 15 is 0 Å². The minimum absolute atomic E-state index is 0.0559. The van der Waals surface area contributed by atoms with Crippen molar-refractivity contribution in [1.29, 1.82) is 0 Å². The highest BCUT2D eigenvalue weighted by Crippen LogP contribution is 2.45. The molecule has 0 unspecified atom stereocenters. The molecule has 0 bridgehead atoms. The van der Waals surface area contributed by atoms with Crippen molar-refractivity contribution in [2.24, 2.45) is 10.8 Å². The summed E-state index contributed by atoms with van der Waals surface area (Å²) < 4.78 is 0. The highest BCUT2D eigenvalue weighted by atomic mass is 16.7. The number of hydrogen-bond donors (Lipinski definition) is 0. The lowest BCUT2D eigenvalue weighted by atomic mass is 9.63. The van der Waals surface area contributed by atoms with Crippen LogP contribution >= 0.6 is 0 Å². The van der Waals surface area contributed by atoms with Crippen LogP contribution in [0.5, 0.6) is 0 Å². The smallest absolute Gasteiger partial charge is 0.330 e. The fourth-order valence-electron chi connectivity index (χ4n) is 3.09. The van der Waals surface area contributed by atoms with Gasteiger partial charge in [0, 0.05) is 19.3 Å². The number of amides is 2. The molecular formula is C21H36BNO4. The number of hydrogen-bond acceptors (Lipinski definition) is 4. The number of imide groups is 1. The molecule has 27 heavy (non-hydrogen) atoms. The summed E-state index contributed by atoms with van der Waals surface area (Å²) in [6, 6.07) is 0. The van der Waals surface area contributed by atoms with Crippen molar-refractivity contribution in [3.63, 3.8) is 0 Å². The van der Waals surface area contributed by atoms with Crippen molar-refractivity contribution in [3.8, 4) is 0 Å². The molecule has 0 aromatic carbocycles. The second-order valence-electron chi connectivity index (χ2n) is 8.82. The zero-order chi connectivity index (χ0) is 20.5. The molecule has 0 atom stereocenters. The van der Waals surface area contributed by atoms with Crippen molar-refractivity contribution in [1.82, 2.24) is 5.06 Å². The number of hydroxylamine groups is 2. The molecule has 2 amide bonds. The van der Waals surface area contributed by atoms with Crippen LogP contribution in [0, 0.1) is 10.8 Å². The SMILES string of the molecule is CCBCC/C=C\CCC(C)(C)C(C)(C)CCC(=O)ON1C(=O)CCC1=O. The number of allylic oxidation sites excluding steroid dienone is 2. The summed E-state index contributed by atoms with van der Waals surface area (Å²) >= 11 is 0. The Bertz CT molecular complexity index is 538. The van der Waals surface area contributed by atoms with E-state index in [1.165, 1.54) is 19.9 Å². The van der Waals surface area contributed by atoms with E-state index in [-0.39, 0.29) is 30.1 Å². The minimum Gasteiger partial charge on any atom is -0.330 e. The molecule has 5 nitrogen and oxygen atoms in total. The Hall–Kier alpha value is -1.59. The predicted molar refractivity (Wildman–Crippen MR) is 109 cm³/mol. The Kier molecular flexibility index (Phi) is 9.27. The molecule has 1 aliphatic rings. The van der Waals surface area contributed by atoms with Gasteiger partial charge in [0.1, 0.15) is 7.28 Å². The summed E-state index contributed by atoms with van der Waals surface area (Å²) in [6.45, 7) is 11.0. The summed E-state index contributed by atoms with van der Waals surface area (Å²) in [5.74, 6) is -1.38. The van der Waals surface area contributed by atoms with Gasteiger partial charge in [0.2, 0.25) is 0 Å². The maximum absolute atomic E-state index is 12.1. The quantitative estimate of drug-likeness (QED) is 0.218. The van der Waals surface area contributed by atoms with Crippen LogP contribution < -0.4 is 0 Å². The molecule has 0 aliphatic carbocycles. The van der Waals surface area contributed by atoms with Crippen molar-refractivity contribution in [2.45, 2.75) is 92.2 Å². The Labute approximate surface area is 165 Å². The Balaban J connectivity index is 2.41. The molecule has 0 N–H and O–H groups in total. The van der Waals surface area contributed by atoms with Crippen LogP contribution in [-0.2, 0) is 19.2 Å². The van der Waals surface area contributed by atoms with E-state index in [0.717, 1.165) is 19.3 Å². The lowest BCUT2D eigenvalue weighted by Gasteiger charge is -2.42. The highest BCUT2D eigenvalue weighted by molar-refractivity contribution is 6.35. The van der Waals surface area contributed by atoms with Crippen LogP contribution in [-0.4, -0.2) is 30.1 Å². The van der Waals surface area contributed by atoms with Gasteiger partial charge in [-0.05, 0) is 36.5 Å². The van der Waals surface area contributed by atoms with Crippen LogP contribution in [0.3, 0.4) is 0 Å². The topological polar surface area (TPSA) is 63.7 Å². The van der Waals surface area contributed by atoms with Gasteiger partial charge >= 0.3 is 5.97 Å². The minimum atomic E-state index is -0.515. The van der Waals surface area contributed by atoms with E-state index in [0.29, 0.717) is 11.5 Å². The van der Waals surface area contributed by atoms with Gasteiger partial charge in [0.25, 0.3) is 11.8 Å². The van der Waals surface area contributed by atoms with Crippen molar-refractivity contribution < 1.29 is 19.2 Å². The highest BCUT2D eigenvalue weighted by Gasteiger charge is 2.37. The van der Waals surface area contributed by atoms with E-state index < -0.39 is 17.8 Å². The van der Waals surface area contributed by atoms with E-state index in [1.807, 2.05) is 0 Å². The van der Waals surface area contributed by atoms with Crippen LogP contribution in [0.15, 0.2) is 12.2 Å². The molecule has 0 aromatic heterocycles. The zero-order valence-electron chi connectivity index (χ0n) is 17.8. The van der Waals surface area contributed by atoms with Crippen LogP contribution in [0.1, 0.15) is 79.6 Å². The largest absolute Gasteiger partial charge is 0.333 e. The average Bonchev–Trinajstić information content (AvgIpc) is 2.91. The van der Waals surface area contributed by atoms with Crippen molar-refractivity contribution in [2.75, 3.05) is 0 Å². The molecule has 152 valence electrons. The van der Waals surface area contributed by atoms with E-state index in [2.05, 4.69) is 46.8 Å². The lowest BCUT2D eigenvalue weighted by molar-refractivity contribution is -0.198. The normalized spacial score (nSPS) is 15.7. The number of nitrogens with zero attached hydrogens (tertiary/aromatic N) is 1. The van der Waals surface area contributed by atoms with Gasteiger partial charge in [-0.15, -0.1) is 5.06 Å². The summed E-state index contributed by atoms with van der Waals surface area (Å²) in [5, 5.41) is 0.629. The molecule has 0 aromatic rings. The van der Waals surface area contributed by atoms with Gasteiger partial charge in [-0.3, -0.25) is 9.59 Å². The van der Waals surface area contributed by atoms with E-state index in [1.54, 1.807) is 0 Å². The third-order valence-electron chi connectivity index (χ3n) is 6.06. The molecule has 1 fully saturated rings. The fraction of sp³-hybridized carbons (Fsp3) is 0.762. The van der Waals surface area contributed by atoms with Gasteiger partial charge < -0.3 is 4.84 Å². The van der Waals surface area contributed by atoms with Crippen molar-refractivity contribution >= 4 is 25.1 Å². The predicted octanol–water partition coefficient (Wildman–Crippen LogP) is 4.45. The molecule has 1 saturated heterocycles. The number of rotatable bonds is 12. The van der Waals surface area contributed by atoms with Crippen LogP contribution in [0.25, 0.3) is 0 Å². The van der Waals surface area contributed by atoms with E-state index in [9.17, 15) is 14.4 Å². The Morgan fingerprint density at radius 2 is 1.59 bits per heavy atom. The van der Waals surface area contributed by atoms with Gasteiger partial charge in [0.05, 0.1) is 0 Å². The van der Waals surface area contributed by atoms with Gasteiger partial charge in [-0.25, -0.2) is 4.79 Å². The molecule has 1 heterocycles. The maximum atomic E-state index is 12.1. The van der Waals surface area contributed by atoms with E-state index in [4.69, 9.17) is 4.84 Å². The average molecular weight is 377 g/mol. The Morgan fingerprint density at radius 3 is 2.19 bits per heavy atom. The molecule has 1 aliphatic heterocycles. The molecule has 1 rings (SSSR count). The third kappa shape index (κ3) is 7.51. The standard InChI is InChI=1S/C21H36BNO4/c1-6-22-16-10-8-7-9-14-20(2,3)21(4,5)15-13-19(26)27-23-17(24)11-12-18(23)25/h7-8,22H,6,9-16H2,1-5H3/b8-7-. The first-order valence-electron chi connectivity index (χ1n) is 10.3. The first-order valence-corrected chi connectivity index (χ1v) is 10.3. The van der Waals surface area contributed by atoms with Gasteiger partial charge in [0.15, 0.2) is 0 Å². The van der Waals surface area contributed by atoms with Crippen LogP contribution in [0.2, 0.25) is 12.6 Å². The summed E-state index contributed by atoms with van der Waals surface area (Å²) in [7, 11) is 1.29. The zero-order valence-corrected chi connectivity index (χ0v) is 17.8. The second-order valence-corrected chi connectivity index (χ2v) is 8.82. The first kappa shape index (κ1) is 23.5. The number of carbonyl (C=O) groups is 3. The monoisotopic (exact) mass is 377 g/mol. The molecule has 6 heteroatoms. The van der Waals surface area contributed by atoms with Gasteiger partial charge in [-0.2, -0.15) is 0 Å². The van der Waals surface area contributed by atoms with Crippen LogP contribution in [0.4, 0.5) is 0 Å². The van der Waals surface area contributed by atoms with Gasteiger partial charge in [-0.1, -0.05) is 59.4 Å². The molecule has 0 radical (unpaired) electrons. The summed E-state index contributed by atoms with van der Waals surface area (Å²) in [6.07, 6.45) is 11.4. The maximum Gasteiger partial charge on any atom is 0.333 e. The first-order chi connectivity index (χ1) is 12.6. The fourth-order valence-corrected chi connectivity index (χ4v) is 3.09. The Morgan fingerprint density at radius 1 is 1.04 bits per heavy atom. The third-order valence-corrected chi connectivity index (χ3v) is 6.06. The molecule has 0 saturated carbocycles. The number of carbonyl (C=O) groups excluding carboxylic acids is 3. The lowest BCUT2D eigenvalue weighted by Crippen LogP contribution is -2.35. The molecule has 0 spiro atoms. The molecular weight excluding hydrogens is 341 g/mol. The van der Waals surface area contributed by atoms with Crippen molar-refractivity contribution in [3.05, 3.63) is 12.2 Å². The summed E-state index contributed by atoms with van der Waals surface area (Å²) in [5.41, 5.74) is -0.0125. The second kappa shape index (κ2) is 10.7.